The Hall–Kier alpha value is -1.91. The first-order valence-electron chi connectivity index (χ1n) is 8.69. The molecule has 1 aromatic heterocycles. The molecule has 0 aliphatic heterocycles. The van der Waals surface area contributed by atoms with Crippen molar-refractivity contribution in [3.63, 3.8) is 0 Å². The summed E-state index contributed by atoms with van der Waals surface area (Å²) in [6.45, 7) is 2.34. The molecule has 0 spiro atoms. The van der Waals surface area contributed by atoms with Crippen LogP contribution in [0.2, 0.25) is 0 Å². The Labute approximate surface area is 144 Å². The summed E-state index contributed by atoms with van der Waals surface area (Å²) in [5.74, 6) is 1.29. The van der Waals surface area contributed by atoms with Crippen molar-refractivity contribution < 1.29 is 9.84 Å². The van der Waals surface area contributed by atoms with Crippen molar-refractivity contribution in [3.05, 3.63) is 59.9 Å². The maximum atomic E-state index is 9.95. The van der Waals surface area contributed by atoms with Crippen molar-refractivity contribution in [3.8, 4) is 5.75 Å². The van der Waals surface area contributed by atoms with Crippen LogP contribution in [-0.4, -0.2) is 34.7 Å². The van der Waals surface area contributed by atoms with Crippen LogP contribution in [0.4, 0.5) is 0 Å². The van der Waals surface area contributed by atoms with Crippen LogP contribution in [-0.2, 0) is 13.2 Å². The van der Waals surface area contributed by atoms with E-state index in [4.69, 9.17) is 4.74 Å². The third kappa shape index (κ3) is 4.79. The van der Waals surface area contributed by atoms with Crippen LogP contribution in [0.5, 0.6) is 5.75 Å². The Balaban J connectivity index is 1.47. The minimum atomic E-state index is -0.116. The van der Waals surface area contributed by atoms with E-state index in [0.717, 1.165) is 43.8 Å². The minimum absolute atomic E-state index is 0.116. The van der Waals surface area contributed by atoms with E-state index in [2.05, 4.69) is 29.1 Å². The molecule has 0 radical (unpaired) electrons. The van der Waals surface area contributed by atoms with E-state index in [9.17, 15) is 5.11 Å². The molecule has 3 rings (SSSR count). The molecule has 1 saturated carbocycles. The summed E-state index contributed by atoms with van der Waals surface area (Å²) < 4.78 is 5.76. The van der Waals surface area contributed by atoms with Gasteiger partial charge < -0.3 is 14.7 Å². The third-order valence-corrected chi connectivity index (χ3v) is 4.65. The zero-order valence-corrected chi connectivity index (χ0v) is 14.3. The van der Waals surface area contributed by atoms with Crippen LogP contribution in [0.3, 0.4) is 0 Å². The Kier molecular flexibility index (Phi) is 5.83. The Morgan fingerprint density at radius 3 is 2.67 bits per heavy atom. The minimum Gasteiger partial charge on any atom is -0.487 e. The Morgan fingerprint density at radius 1 is 1.17 bits per heavy atom. The highest BCUT2D eigenvalue weighted by Gasteiger charge is 2.25. The normalized spacial score (nSPS) is 20.5. The number of aromatic nitrogens is 1. The van der Waals surface area contributed by atoms with Crippen LogP contribution in [0, 0.1) is 5.92 Å². The second-order valence-corrected chi connectivity index (χ2v) is 6.71. The number of pyridine rings is 1. The molecule has 1 aliphatic carbocycles. The largest absolute Gasteiger partial charge is 0.487 e. The van der Waals surface area contributed by atoms with Gasteiger partial charge in [0, 0.05) is 19.3 Å². The molecule has 24 heavy (non-hydrogen) atoms. The maximum Gasteiger partial charge on any atom is 0.130 e. The Bertz CT molecular complexity index is 615. The van der Waals surface area contributed by atoms with Crippen LogP contribution in [0.25, 0.3) is 0 Å². The molecule has 1 aliphatic rings. The van der Waals surface area contributed by atoms with Gasteiger partial charge in [0.15, 0.2) is 0 Å². The zero-order valence-electron chi connectivity index (χ0n) is 14.3. The van der Waals surface area contributed by atoms with Gasteiger partial charge in [-0.2, -0.15) is 0 Å². The third-order valence-electron chi connectivity index (χ3n) is 4.65. The number of benzene rings is 1. The first-order valence-corrected chi connectivity index (χ1v) is 8.69. The van der Waals surface area contributed by atoms with Crippen molar-refractivity contribution in [1.29, 1.82) is 0 Å². The van der Waals surface area contributed by atoms with E-state index >= 15 is 0 Å². The highest BCUT2D eigenvalue weighted by Crippen LogP contribution is 2.26. The van der Waals surface area contributed by atoms with E-state index in [-0.39, 0.29) is 6.10 Å². The molecule has 4 heteroatoms. The predicted molar refractivity (Wildman–Crippen MR) is 94.7 cm³/mol. The summed E-state index contributed by atoms with van der Waals surface area (Å²) in [6.07, 6.45) is 4.92. The van der Waals surface area contributed by atoms with E-state index in [1.54, 1.807) is 6.20 Å². The van der Waals surface area contributed by atoms with Gasteiger partial charge in [-0.15, -0.1) is 0 Å². The van der Waals surface area contributed by atoms with Crippen LogP contribution in [0.15, 0.2) is 48.7 Å². The number of aliphatic hydroxyl groups excluding tert-OH is 1. The van der Waals surface area contributed by atoms with E-state index in [0.29, 0.717) is 12.5 Å². The van der Waals surface area contributed by atoms with Gasteiger partial charge in [0.1, 0.15) is 12.4 Å². The van der Waals surface area contributed by atoms with Gasteiger partial charge in [0.25, 0.3) is 0 Å². The second kappa shape index (κ2) is 8.27. The number of hydrogen-bond acceptors (Lipinski definition) is 4. The highest BCUT2D eigenvalue weighted by molar-refractivity contribution is 5.27. The lowest BCUT2D eigenvalue weighted by Crippen LogP contribution is -2.29. The van der Waals surface area contributed by atoms with Crippen molar-refractivity contribution >= 4 is 0 Å². The monoisotopic (exact) mass is 326 g/mol. The Morgan fingerprint density at radius 2 is 2.00 bits per heavy atom. The summed E-state index contributed by atoms with van der Waals surface area (Å²) >= 11 is 0. The molecular weight excluding hydrogens is 300 g/mol. The fourth-order valence-corrected chi connectivity index (χ4v) is 3.34. The van der Waals surface area contributed by atoms with Gasteiger partial charge in [-0.25, -0.2) is 0 Å². The van der Waals surface area contributed by atoms with Gasteiger partial charge >= 0.3 is 0 Å². The molecule has 2 unspecified atom stereocenters. The quantitative estimate of drug-likeness (QED) is 0.848. The molecule has 128 valence electrons. The molecule has 4 nitrogen and oxygen atoms in total. The SMILES string of the molecule is CN(Cc1ccc(OCc2ccccn2)cc1)CC1CCCC1O. The maximum absolute atomic E-state index is 9.95. The number of aliphatic hydroxyl groups is 1. The lowest BCUT2D eigenvalue weighted by Gasteiger charge is -2.23. The van der Waals surface area contributed by atoms with Crippen molar-refractivity contribution in [2.75, 3.05) is 13.6 Å². The molecule has 1 heterocycles. The topological polar surface area (TPSA) is 45.6 Å². The molecule has 0 bridgehead atoms. The lowest BCUT2D eigenvalue weighted by molar-refractivity contribution is 0.108. The average molecular weight is 326 g/mol. The predicted octanol–water partition coefficient (Wildman–Crippen LogP) is 3.25. The molecule has 1 N–H and O–H groups in total. The van der Waals surface area contributed by atoms with Gasteiger partial charge in [-0.3, -0.25) is 4.98 Å². The second-order valence-electron chi connectivity index (χ2n) is 6.71. The molecule has 2 atom stereocenters. The first-order chi connectivity index (χ1) is 11.7. The van der Waals surface area contributed by atoms with Gasteiger partial charge in [0.2, 0.25) is 0 Å². The lowest BCUT2D eigenvalue weighted by atomic mass is 10.1. The van der Waals surface area contributed by atoms with Crippen molar-refractivity contribution in [1.82, 2.24) is 9.88 Å². The molecule has 0 amide bonds. The standard InChI is InChI=1S/C20H26N2O2/c1-22(14-17-5-4-7-20(17)23)13-16-8-10-19(11-9-16)24-15-18-6-2-3-12-21-18/h2-3,6,8-12,17,20,23H,4-5,7,13-15H2,1H3. The van der Waals surface area contributed by atoms with E-state index in [1.165, 1.54) is 5.56 Å². The summed E-state index contributed by atoms with van der Waals surface area (Å²) in [5, 5.41) is 9.95. The van der Waals surface area contributed by atoms with E-state index in [1.807, 2.05) is 30.3 Å². The molecule has 0 saturated heterocycles. The zero-order chi connectivity index (χ0) is 16.8. The molecule has 2 aromatic rings. The first kappa shape index (κ1) is 16.9. The highest BCUT2D eigenvalue weighted by atomic mass is 16.5. The number of hydrogen-bond donors (Lipinski definition) is 1. The fourth-order valence-electron chi connectivity index (χ4n) is 3.34. The van der Waals surface area contributed by atoms with Gasteiger partial charge in [0.05, 0.1) is 11.8 Å². The number of ether oxygens (including phenoxy) is 1. The van der Waals surface area contributed by atoms with Crippen molar-refractivity contribution in [2.45, 2.75) is 38.5 Å². The van der Waals surface area contributed by atoms with Gasteiger partial charge in [-0.05, 0) is 55.6 Å². The summed E-state index contributed by atoms with van der Waals surface area (Å²) in [6, 6.07) is 14.1. The molecule has 1 aromatic carbocycles. The van der Waals surface area contributed by atoms with E-state index < -0.39 is 0 Å². The summed E-state index contributed by atoms with van der Waals surface area (Å²) in [4.78, 5) is 6.55. The van der Waals surface area contributed by atoms with Crippen molar-refractivity contribution in [2.24, 2.45) is 5.92 Å². The van der Waals surface area contributed by atoms with Gasteiger partial charge in [-0.1, -0.05) is 24.6 Å². The van der Waals surface area contributed by atoms with Crippen LogP contribution < -0.4 is 4.74 Å². The molecule has 1 fully saturated rings. The van der Waals surface area contributed by atoms with Crippen LogP contribution in [0.1, 0.15) is 30.5 Å². The fraction of sp³-hybridized carbons (Fsp3) is 0.450. The number of nitrogens with zero attached hydrogens (tertiary/aromatic N) is 2. The smallest absolute Gasteiger partial charge is 0.130 e. The average Bonchev–Trinajstić information content (AvgIpc) is 3.00. The molecular formula is C20H26N2O2. The summed E-state index contributed by atoms with van der Waals surface area (Å²) in [5.41, 5.74) is 2.19. The van der Waals surface area contributed by atoms with Crippen LogP contribution >= 0.6 is 0 Å². The number of rotatable bonds is 7. The summed E-state index contributed by atoms with van der Waals surface area (Å²) in [7, 11) is 2.12.